The van der Waals surface area contributed by atoms with Crippen LogP contribution in [0.5, 0.6) is 0 Å². The molecule has 0 aliphatic rings. The van der Waals surface area contributed by atoms with Gasteiger partial charge >= 0.3 is 0 Å². The van der Waals surface area contributed by atoms with E-state index >= 15 is 0 Å². The summed E-state index contributed by atoms with van der Waals surface area (Å²) in [6.07, 6.45) is 1.25. The van der Waals surface area contributed by atoms with Gasteiger partial charge in [0.05, 0.1) is 0 Å². The van der Waals surface area contributed by atoms with Crippen LogP contribution in [0.3, 0.4) is 0 Å². The first-order chi connectivity index (χ1) is 10.4. The van der Waals surface area contributed by atoms with E-state index in [2.05, 4.69) is 21.2 Å². The first-order valence-electron chi connectivity index (χ1n) is 7.73. The standard InChI is InChI=1S/C17H25BrN2O2/c1-5-12(3)19-17(22)13(4)20(16(21)6-2)11-14-8-7-9-15(18)10-14/h7-10,12-13H,5-6,11H2,1-4H3,(H,19,22)/t12-,13-/m1/s1. The number of nitrogens with one attached hydrogen (secondary N) is 1. The minimum absolute atomic E-state index is 0.0215. The van der Waals surface area contributed by atoms with Gasteiger partial charge in [0.25, 0.3) is 0 Å². The van der Waals surface area contributed by atoms with Gasteiger partial charge in [-0.15, -0.1) is 0 Å². The molecule has 22 heavy (non-hydrogen) atoms. The predicted octanol–water partition coefficient (Wildman–Crippen LogP) is 3.49. The summed E-state index contributed by atoms with van der Waals surface area (Å²) in [4.78, 5) is 26.2. The van der Waals surface area contributed by atoms with Gasteiger partial charge in [-0.25, -0.2) is 0 Å². The van der Waals surface area contributed by atoms with Gasteiger partial charge in [-0.2, -0.15) is 0 Å². The minimum atomic E-state index is -0.486. The number of hydrogen-bond donors (Lipinski definition) is 1. The van der Waals surface area contributed by atoms with Crippen LogP contribution in [0.2, 0.25) is 0 Å². The molecule has 0 radical (unpaired) electrons. The first kappa shape index (κ1) is 18.7. The Hall–Kier alpha value is -1.36. The van der Waals surface area contributed by atoms with Crippen LogP contribution in [0.25, 0.3) is 0 Å². The highest BCUT2D eigenvalue weighted by molar-refractivity contribution is 9.10. The van der Waals surface area contributed by atoms with Gasteiger partial charge < -0.3 is 10.2 Å². The number of carbonyl (C=O) groups is 2. The van der Waals surface area contributed by atoms with Gasteiger partial charge in [-0.05, 0) is 38.0 Å². The van der Waals surface area contributed by atoms with E-state index in [9.17, 15) is 9.59 Å². The third-order valence-electron chi connectivity index (χ3n) is 3.71. The zero-order valence-corrected chi connectivity index (χ0v) is 15.3. The van der Waals surface area contributed by atoms with Crippen molar-refractivity contribution in [3.05, 3.63) is 34.3 Å². The zero-order chi connectivity index (χ0) is 16.7. The summed E-state index contributed by atoms with van der Waals surface area (Å²) in [7, 11) is 0. The van der Waals surface area contributed by atoms with Crippen LogP contribution in [0, 0.1) is 0 Å². The van der Waals surface area contributed by atoms with Crippen LogP contribution >= 0.6 is 15.9 Å². The summed E-state index contributed by atoms with van der Waals surface area (Å²) in [5.41, 5.74) is 0.999. The summed E-state index contributed by atoms with van der Waals surface area (Å²) in [5.74, 6) is -0.127. The van der Waals surface area contributed by atoms with Crippen molar-refractivity contribution >= 4 is 27.7 Å². The van der Waals surface area contributed by atoms with Crippen LogP contribution in [-0.4, -0.2) is 28.8 Å². The average Bonchev–Trinajstić information content (AvgIpc) is 2.51. The van der Waals surface area contributed by atoms with Crippen molar-refractivity contribution in [3.63, 3.8) is 0 Å². The molecule has 0 bridgehead atoms. The minimum Gasteiger partial charge on any atom is -0.352 e. The van der Waals surface area contributed by atoms with Crippen molar-refractivity contribution in [3.8, 4) is 0 Å². The molecule has 0 aromatic heterocycles. The first-order valence-corrected chi connectivity index (χ1v) is 8.52. The Morgan fingerprint density at radius 3 is 2.50 bits per heavy atom. The van der Waals surface area contributed by atoms with Crippen LogP contribution in [0.15, 0.2) is 28.7 Å². The Kier molecular flexibility index (Phi) is 7.59. The molecular formula is C17H25BrN2O2. The number of rotatable bonds is 7. The maximum atomic E-state index is 12.3. The van der Waals surface area contributed by atoms with Crippen molar-refractivity contribution < 1.29 is 9.59 Å². The number of carbonyl (C=O) groups excluding carboxylic acids is 2. The van der Waals surface area contributed by atoms with E-state index in [0.717, 1.165) is 16.5 Å². The third-order valence-corrected chi connectivity index (χ3v) is 4.21. The molecule has 0 aliphatic heterocycles. The number of nitrogens with zero attached hydrogens (tertiary/aromatic N) is 1. The van der Waals surface area contributed by atoms with Gasteiger partial charge in [-0.1, -0.05) is 41.9 Å². The van der Waals surface area contributed by atoms with E-state index in [1.54, 1.807) is 11.8 Å². The van der Waals surface area contributed by atoms with Gasteiger partial charge in [0.1, 0.15) is 6.04 Å². The highest BCUT2D eigenvalue weighted by Gasteiger charge is 2.25. The largest absolute Gasteiger partial charge is 0.352 e. The molecule has 0 unspecified atom stereocenters. The molecule has 2 atom stereocenters. The second kappa shape index (κ2) is 8.93. The lowest BCUT2D eigenvalue weighted by Gasteiger charge is -2.29. The van der Waals surface area contributed by atoms with Crippen molar-refractivity contribution in [2.45, 2.75) is 59.2 Å². The summed E-state index contributed by atoms with van der Waals surface area (Å²) < 4.78 is 0.964. The molecule has 1 N–H and O–H groups in total. The highest BCUT2D eigenvalue weighted by atomic mass is 79.9. The van der Waals surface area contributed by atoms with Crippen molar-refractivity contribution in [2.24, 2.45) is 0 Å². The summed E-state index contributed by atoms with van der Waals surface area (Å²) in [5, 5.41) is 2.94. The quantitative estimate of drug-likeness (QED) is 0.800. The maximum Gasteiger partial charge on any atom is 0.242 e. The Labute approximate surface area is 141 Å². The molecule has 0 fully saturated rings. The predicted molar refractivity (Wildman–Crippen MR) is 92.3 cm³/mol. The number of halogens is 1. The van der Waals surface area contributed by atoms with Crippen LogP contribution in [0.4, 0.5) is 0 Å². The molecule has 1 aromatic carbocycles. The maximum absolute atomic E-state index is 12.3. The third kappa shape index (κ3) is 5.44. The molecule has 4 nitrogen and oxygen atoms in total. The molecule has 0 heterocycles. The molecule has 0 aliphatic carbocycles. The van der Waals surface area contributed by atoms with E-state index in [4.69, 9.17) is 0 Å². The fourth-order valence-electron chi connectivity index (χ4n) is 2.08. The fraction of sp³-hybridized carbons (Fsp3) is 0.529. The summed E-state index contributed by atoms with van der Waals surface area (Å²) >= 11 is 3.43. The van der Waals surface area contributed by atoms with E-state index < -0.39 is 6.04 Å². The van der Waals surface area contributed by atoms with Gasteiger partial charge in [0, 0.05) is 23.5 Å². The SMILES string of the molecule is CCC(=O)N(Cc1cccc(Br)c1)[C@H](C)C(=O)N[C@H](C)CC. The second-order valence-corrected chi connectivity index (χ2v) is 6.41. The molecule has 5 heteroatoms. The normalized spacial score (nSPS) is 13.3. The topological polar surface area (TPSA) is 49.4 Å². The van der Waals surface area contributed by atoms with Gasteiger partial charge in [0.15, 0.2) is 0 Å². The lowest BCUT2D eigenvalue weighted by atomic mass is 10.1. The number of hydrogen-bond acceptors (Lipinski definition) is 2. The van der Waals surface area contributed by atoms with E-state index in [0.29, 0.717) is 13.0 Å². The van der Waals surface area contributed by atoms with Crippen molar-refractivity contribution in [1.82, 2.24) is 10.2 Å². The van der Waals surface area contributed by atoms with Crippen molar-refractivity contribution in [2.75, 3.05) is 0 Å². The Morgan fingerprint density at radius 1 is 1.27 bits per heavy atom. The van der Waals surface area contributed by atoms with Gasteiger partial charge in [0.2, 0.25) is 11.8 Å². The lowest BCUT2D eigenvalue weighted by Crippen LogP contribution is -2.49. The molecule has 0 spiro atoms. The van der Waals surface area contributed by atoms with E-state index in [1.807, 2.05) is 45.0 Å². The Balaban J connectivity index is 2.88. The fourth-order valence-corrected chi connectivity index (χ4v) is 2.53. The number of benzene rings is 1. The highest BCUT2D eigenvalue weighted by Crippen LogP contribution is 2.16. The smallest absolute Gasteiger partial charge is 0.242 e. The van der Waals surface area contributed by atoms with Gasteiger partial charge in [-0.3, -0.25) is 9.59 Å². The van der Waals surface area contributed by atoms with Crippen molar-refractivity contribution in [1.29, 1.82) is 0 Å². The molecule has 2 amide bonds. The number of amides is 2. The second-order valence-electron chi connectivity index (χ2n) is 5.50. The zero-order valence-electron chi connectivity index (χ0n) is 13.7. The molecular weight excluding hydrogens is 344 g/mol. The monoisotopic (exact) mass is 368 g/mol. The summed E-state index contributed by atoms with van der Waals surface area (Å²) in [6.45, 7) is 8.01. The summed E-state index contributed by atoms with van der Waals surface area (Å²) in [6, 6.07) is 7.42. The van der Waals surface area contributed by atoms with Crippen LogP contribution < -0.4 is 5.32 Å². The van der Waals surface area contributed by atoms with Crippen LogP contribution in [-0.2, 0) is 16.1 Å². The Morgan fingerprint density at radius 2 is 1.95 bits per heavy atom. The van der Waals surface area contributed by atoms with E-state index in [1.165, 1.54) is 0 Å². The van der Waals surface area contributed by atoms with Crippen LogP contribution in [0.1, 0.15) is 46.1 Å². The average molecular weight is 369 g/mol. The molecule has 0 saturated carbocycles. The van der Waals surface area contributed by atoms with E-state index in [-0.39, 0.29) is 17.9 Å². The molecule has 122 valence electrons. The Bertz CT molecular complexity index is 519. The molecule has 1 rings (SSSR count). The lowest BCUT2D eigenvalue weighted by molar-refractivity contribution is -0.140. The molecule has 0 saturated heterocycles. The molecule has 1 aromatic rings.